The van der Waals surface area contributed by atoms with Crippen LogP contribution in [0.2, 0.25) is 0 Å². The molecular weight excluding hydrogens is 168 g/mol. The van der Waals surface area contributed by atoms with Crippen molar-refractivity contribution in [3.8, 4) is 0 Å². The van der Waals surface area contributed by atoms with Gasteiger partial charge in [0.25, 0.3) is 0 Å². The van der Waals surface area contributed by atoms with Crippen molar-refractivity contribution in [1.29, 1.82) is 0 Å². The third kappa shape index (κ3) is 3.62. The van der Waals surface area contributed by atoms with Gasteiger partial charge < -0.3 is 10.2 Å². The maximum Gasteiger partial charge on any atom is 0.238 e. The maximum absolute atomic E-state index is 11.2. The summed E-state index contributed by atoms with van der Waals surface area (Å²) in [7, 11) is 3.67. The van der Waals surface area contributed by atoms with E-state index in [2.05, 4.69) is 15.3 Å². The molecule has 0 aliphatic rings. The molecule has 1 N–H and O–H groups in total. The summed E-state index contributed by atoms with van der Waals surface area (Å²) >= 11 is 0. The van der Waals surface area contributed by atoms with E-state index >= 15 is 0 Å². The van der Waals surface area contributed by atoms with Crippen LogP contribution in [0, 0.1) is 0 Å². The minimum atomic E-state index is -0.0696. The highest BCUT2D eigenvalue weighted by Gasteiger charge is 2.02. The molecular formula is C8H12N4O. The summed E-state index contributed by atoms with van der Waals surface area (Å²) in [5, 5.41) is 2.67. The molecule has 0 aliphatic carbocycles. The van der Waals surface area contributed by atoms with E-state index in [1.54, 1.807) is 17.3 Å². The van der Waals surface area contributed by atoms with E-state index < -0.39 is 0 Å². The van der Waals surface area contributed by atoms with Crippen LogP contribution >= 0.6 is 0 Å². The lowest BCUT2D eigenvalue weighted by atomic mass is 10.5. The standard InChI is InChI=1S/C8H12N4O/c1-12(2)5-8(13)11-7-3-9-6-10-4-7/h3-4,6H,5H2,1-2H3,(H,11,13). The van der Waals surface area contributed by atoms with Crippen LogP contribution in [0.4, 0.5) is 5.69 Å². The molecule has 1 amide bonds. The Labute approximate surface area is 76.8 Å². The summed E-state index contributed by atoms with van der Waals surface area (Å²) in [5.41, 5.74) is 0.620. The van der Waals surface area contributed by atoms with Crippen LogP contribution in [-0.2, 0) is 4.79 Å². The second kappa shape index (κ2) is 4.51. The molecule has 1 aromatic rings. The summed E-state index contributed by atoms with van der Waals surface area (Å²) < 4.78 is 0. The Morgan fingerprint density at radius 1 is 1.46 bits per heavy atom. The van der Waals surface area contributed by atoms with Gasteiger partial charge in [0, 0.05) is 0 Å². The van der Waals surface area contributed by atoms with E-state index in [4.69, 9.17) is 0 Å². The van der Waals surface area contributed by atoms with E-state index in [0.29, 0.717) is 12.2 Å². The van der Waals surface area contributed by atoms with Crippen LogP contribution < -0.4 is 5.32 Å². The van der Waals surface area contributed by atoms with E-state index in [-0.39, 0.29) is 5.91 Å². The van der Waals surface area contributed by atoms with Crippen LogP contribution in [0.25, 0.3) is 0 Å². The molecule has 0 aliphatic heterocycles. The molecule has 0 fully saturated rings. The first-order valence-corrected chi connectivity index (χ1v) is 3.88. The van der Waals surface area contributed by atoms with Crippen molar-refractivity contribution in [2.24, 2.45) is 0 Å². The topological polar surface area (TPSA) is 58.1 Å². The lowest BCUT2D eigenvalue weighted by Crippen LogP contribution is -2.27. The van der Waals surface area contributed by atoms with Crippen molar-refractivity contribution in [3.05, 3.63) is 18.7 Å². The number of amides is 1. The van der Waals surface area contributed by atoms with Crippen molar-refractivity contribution in [3.63, 3.8) is 0 Å². The second-order valence-corrected chi connectivity index (χ2v) is 2.91. The Kier molecular flexibility index (Phi) is 3.33. The third-order valence-electron chi connectivity index (χ3n) is 1.30. The van der Waals surface area contributed by atoms with Crippen molar-refractivity contribution in [1.82, 2.24) is 14.9 Å². The van der Waals surface area contributed by atoms with Gasteiger partial charge in [-0.25, -0.2) is 9.97 Å². The Hall–Kier alpha value is -1.49. The summed E-state index contributed by atoms with van der Waals surface area (Å²) in [6.45, 7) is 0.356. The van der Waals surface area contributed by atoms with E-state index in [1.165, 1.54) is 6.33 Å². The van der Waals surface area contributed by atoms with Gasteiger partial charge in [-0.3, -0.25) is 4.79 Å². The fraction of sp³-hybridized carbons (Fsp3) is 0.375. The number of rotatable bonds is 3. The zero-order chi connectivity index (χ0) is 9.68. The van der Waals surface area contributed by atoms with Gasteiger partial charge in [-0.2, -0.15) is 0 Å². The van der Waals surface area contributed by atoms with Gasteiger partial charge in [0.15, 0.2) is 0 Å². The lowest BCUT2D eigenvalue weighted by Gasteiger charge is -2.08. The van der Waals surface area contributed by atoms with Gasteiger partial charge in [-0.15, -0.1) is 0 Å². The number of likely N-dealkylation sites (N-methyl/N-ethyl adjacent to an activating group) is 1. The number of nitrogens with one attached hydrogen (secondary N) is 1. The van der Waals surface area contributed by atoms with E-state index in [1.807, 2.05) is 14.1 Å². The SMILES string of the molecule is CN(C)CC(=O)Nc1cncnc1. The minimum absolute atomic E-state index is 0.0696. The van der Waals surface area contributed by atoms with Crippen molar-refractivity contribution >= 4 is 11.6 Å². The fourth-order valence-electron chi connectivity index (χ4n) is 0.851. The molecule has 0 saturated carbocycles. The van der Waals surface area contributed by atoms with Gasteiger partial charge in [-0.1, -0.05) is 0 Å². The second-order valence-electron chi connectivity index (χ2n) is 2.91. The Morgan fingerprint density at radius 3 is 2.62 bits per heavy atom. The summed E-state index contributed by atoms with van der Waals surface area (Å²) in [6.07, 6.45) is 4.53. The largest absolute Gasteiger partial charge is 0.322 e. The van der Waals surface area contributed by atoms with Crippen LogP contribution in [0.15, 0.2) is 18.7 Å². The highest BCUT2D eigenvalue weighted by atomic mass is 16.2. The van der Waals surface area contributed by atoms with Crippen LogP contribution in [-0.4, -0.2) is 41.4 Å². The molecule has 13 heavy (non-hydrogen) atoms. The lowest BCUT2D eigenvalue weighted by molar-refractivity contribution is -0.116. The Balaban J connectivity index is 2.46. The predicted molar refractivity (Wildman–Crippen MR) is 49.2 cm³/mol. The molecule has 0 bridgehead atoms. The summed E-state index contributed by atoms with van der Waals surface area (Å²) in [5.74, 6) is -0.0696. The summed E-state index contributed by atoms with van der Waals surface area (Å²) in [6, 6.07) is 0. The van der Waals surface area contributed by atoms with Gasteiger partial charge in [0.2, 0.25) is 5.91 Å². The number of aromatic nitrogens is 2. The van der Waals surface area contributed by atoms with Crippen molar-refractivity contribution < 1.29 is 4.79 Å². The molecule has 1 heterocycles. The average Bonchev–Trinajstić information content (AvgIpc) is 2.04. The van der Waals surface area contributed by atoms with E-state index in [0.717, 1.165) is 0 Å². The monoisotopic (exact) mass is 180 g/mol. The first-order valence-electron chi connectivity index (χ1n) is 3.88. The van der Waals surface area contributed by atoms with Gasteiger partial charge >= 0.3 is 0 Å². The van der Waals surface area contributed by atoms with Crippen molar-refractivity contribution in [2.45, 2.75) is 0 Å². The molecule has 0 unspecified atom stereocenters. The first-order chi connectivity index (χ1) is 6.18. The molecule has 0 saturated heterocycles. The number of hydrogen-bond acceptors (Lipinski definition) is 4. The van der Waals surface area contributed by atoms with Crippen LogP contribution in [0.1, 0.15) is 0 Å². The molecule has 70 valence electrons. The molecule has 1 rings (SSSR count). The minimum Gasteiger partial charge on any atom is -0.322 e. The van der Waals surface area contributed by atoms with Gasteiger partial charge in [0.05, 0.1) is 24.6 Å². The zero-order valence-corrected chi connectivity index (χ0v) is 7.69. The fourth-order valence-corrected chi connectivity index (χ4v) is 0.851. The van der Waals surface area contributed by atoms with Crippen LogP contribution in [0.5, 0.6) is 0 Å². The maximum atomic E-state index is 11.2. The molecule has 0 spiro atoms. The summed E-state index contributed by atoms with van der Waals surface area (Å²) in [4.78, 5) is 20.6. The number of carbonyl (C=O) groups is 1. The highest BCUT2D eigenvalue weighted by molar-refractivity contribution is 5.91. The molecule has 0 aromatic carbocycles. The highest BCUT2D eigenvalue weighted by Crippen LogP contribution is 1.99. The zero-order valence-electron chi connectivity index (χ0n) is 7.69. The number of nitrogens with zero attached hydrogens (tertiary/aromatic N) is 3. The number of anilines is 1. The normalized spacial score (nSPS) is 10.1. The van der Waals surface area contributed by atoms with Crippen molar-refractivity contribution in [2.75, 3.05) is 26.0 Å². The smallest absolute Gasteiger partial charge is 0.238 e. The van der Waals surface area contributed by atoms with E-state index in [9.17, 15) is 4.79 Å². The third-order valence-corrected chi connectivity index (χ3v) is 1.30. The Morgan fingerprint density at radius 2 is 2.08 bits per heavy atom. The van der Waals surface area contributed by atoms with Crippen LogP contribution in [0.3, 0.4) is 0 Å². The number of hydrogen-bond donors (Lipinski definition) is 1. The molecule has 1 aromatic heterocycles. The predicted octanol–water partition coefficient (Wildman–Crippen LogP) is -0.0233. The average molecular weight is 180 g/mol. The quantitative estimate of drug-likeness (QED) is 0.710. The molecule has 5 heteroatoms. The molecule has 0 radical (unpaired) electrons. The first kappa shape index (κ1) is 9.60. The number of carbonyl (C=O) groups excluding carboxylic acids is 1. The molecule has 5 nitrogen and oxygen atoms in total. The van der Waals surface area contributed by atoms with Gasteiger partial charge in [0.1, 0.15) is 6.33 Å². The Bertz CT molecular complexity index is 273. The van der Waals surface area contributed by atoms with Gasteiger partial charge in [-0.05, 0) is 14.1 Å². The molecule has 0 atom stereocenters.